The van der Waals surface area contributed by atoms with E-state index in [2.05, 4.69) is 35.5 Å². The number of aromatic nitrogens is 8. The zero-order chi connectivity index (χ0) is 13.8. The molecule has 10 heteroatoms. The molecule has 3 rings (SSSR count). The van der Waals surface area contributed by atoms with Crippen LogP contribution in [0.5, 0.6) is 0 Å². The van der Waals surface area contributed by atoms with E-state index >= 15 is 0 Å². The van der Waals surface area contributed by atoms with Crippen molar-refractivity contribution in [2.75, 3.05) is 5.32 Å². The van der Waals surface area contributed by atoms with Gasteiger partial charge in [0.15, 0.2) is 5.82 Å². The van der Waals surface area contributed by atoms with Gasteiger partial charge < -0.3 is 5.32 Å². The smallest absolute Gasteiger partial charge is 0.247 e. The zero-order valence-corrected chi connectivity index (χ0v) is 10.2. The monoisotopic (exact) mass is 271 g/mol. The van der Waals surface area contributed by atoms with Gasteiger partial charge in [-0.15, -0.1) is 0 Å². The molecule has 0 aromatic carbocycles. The maximum atomic E-state index is 11.8. The van der Waals surface area contributed by atoms with Crippen LogP contribution < -0.4 is 5.32 Å². The molecule has 3 aromatic heterocycles. The number of nitrogens with zero attached hydrogens (tertiary/aromatic N) is 8. The first-order valence-electron chi connectivity index (χ1n) is 5.60. The molecule has 1 N–H and O–H groups in total. The number of nitrogens with one attached hydrogen (secondary N) is 1. The molecule has 0 bridgehead atoms. The van der Waals surface area contributed by atoms with Gasteiger partial charge in [0.2, 0.25) is 5.91 Å². The van der Waals surface area contributed by atoms with Gasteiger partial charge in [-0.1, -0.05) is 0 Å². The molecule has 1 amide bonds. The summed E-state index contributed by atoms with van der Waals surface area (Å²) in [4.78, 5) is 27.4. The standard InChI is InChI=1S/C10H9N9O/c20-10(2-18-6-11-3-15-18)17-8-1-9(14-5-13-8)19-7-12-4-16-19/h1,3-7H,2H2,(H,13,14,17,20). The highest BCUT2D eigenvalue weighted by Crippen LogP contribution is 2.07. The Morgan fingerprint density at radius 3 is 2.70 bits per heavy atom. The maximum Gasteiger partial charge on any atom is 0.247 e. The minimum absolute atomic E-state index is 0.0582. The summed E-state index contributed by atoms with van der Waals surface area (Å²) >= 11 is 0. The molecule has 10 nitrogen and oxygen atoms in total. The van der Waals surface area contributed by atoms with Crippen LogP contribution in [0.25, 0.3) is 5.82 Å². The van der Waals surface area contributed by atoms with Crippen LogP contribution in [-0.2, 0) is 11.3 Å². The molecule has 0 aliphatic rings. The fourth-order valence-electron chi connectivity index (χ4n) is 1.51. The summed E-state index contributed by atoms with van der Waals surface area (Å²) < 4.78 is 2.88. The third-order valence-electron chi connectivity index (χ3n) is 2.35. The Labute approximate surface area is 112 Å². The van der Waals surface area contributed by atoms with Crippen molar-refractivity contribution in [2.24, 2.45) is 0 Å². The van der Waals surface area contributed by atoms with Gasteiger partial charge in [0.1, 0.15) is 44.0 Å². The van der Waals surface area contributed by atoms with Gasteiger partial charge in [0.25, 0.3) is 0 Å². The van der Waals surface area contributed by atoms with Crippen LogP contribution in [0.4, 0.5) is 5.82 Å². The fraction of sp³-hybridized carbons (Fsp3) is 0.100. The summed E-state index contributed by atoms with van der Waals surface area (Å²) in [6.07, 6.45) is 7.05. The first-order valence-corrected chi connectivity index (χ1v) is 5.60. The van der Waals surface area contributed by atoms with Gasteiger partial charge in [-0.05, 0) is 0 Å². The van der Waals surface area contributed by atoms with Crippen molar-refractivity contribution in [3.8, 4) is 5.82 Å². The predicted molar refractivity (Wildman–Crippen MR) is 65.6 cm³/mol. The fourth-order valence-corrected chi connectivity index (χ4v) is 1.51. The Morgan fingerprint density at radius 1 is 1.10 bits per heavy atom. The molecule has 3 heterocycles. The van der Waals surface area contributed by atoms with Crippen molar-refractivity contribution in [3.63, 3.8) is 0 Å². The van der Waals surface area contributed by atoms with Crippen LogP contribution in [0, 0.1) is 0 Å². The van der Waals surface area contributed by atoms with Crippen molar-refractivity contribution in [3.05, 3.63) is 37.7 Å². The van der Waals surface area contributed by atoms with Crippen molar-refractivity contribution in [1.82, 2.24) is 39.5 Å². The normalized spacial score (nSPS) is 10.4. The lowest BCUT2D eigenvalue weighted by Crippen LogP contribution is -2.20. The molecule has 0 radical (unpaired) electrons. The first-order chi connectivity index (χ1) is 9.81. The molecule has 3 aromatic rings. The summed E-state index contributed by atoms with van der Waals surface area (Å²) in [5.41, 5.74) is 0. The molecule has 100 valence electrons. The third-order valence-corrected chi connectivity index (χ3v) is 2.35. The van der Waals surface area contributed by atoms with Crippen LogP contribution in [0.3, 0.4) is 0 Å². The Morgan fingerprint density at radius 2 is 1.95 bits per heavy atom. The Balaban J connectivity index is 1.71. The van der Waals surface area contributed by atoms with E-state index in [0.717, 1.165) is 0 Å². The molecular weight excluding hydrogens is 262 g/mol. The molecule has 20 heavy (non-hydrogen) atoms. The van der Waals surface area contributed by atoms with Crippen LogP contribution in [-0.4, -0.2) is 45.4 Å². The van der Waals surface area contributed by atoms with Crippen molar-refractivity contribution >= 4 is 11.7 Å². The number of rotatable bonds is 4. The van der Waals surface area contributed by atoms with E-state index in [1.807, 2.05) is 0 Å². The van der Waals surface area contributed by atoms with Gasteiger partial charge >= 0.3 is 0 Å². The van der Waals surface area contributed by atoms with Gasteiger partial charge in [-0.25, -0.2) is 29.3 Å². The lowest BCUT2D eigenvalue weighted by atomic mass is 10.5. The number of carbonyl (C=O) groups is 1. The highest BCUT2D eigenvalue weighted by molar-refractivity contribution is 5.89. The van der Waals surface area contributed by atoms with E-state index in [1.54, 1.807) is 6.07 Å². The number of amides is 1. The molecule has 0 atom stereocenters. The molecule has 0 saturated carbocycles. The summed E-state index contributed by atoms with van der Waals surface area (Å²) in [6.45, 7) is 0.0582. The van der Waals surface area contributed by atoms with E-state index in [4.69, 9.17) is 0 Å². The lowest BCUT2D eigenvalue weighted by molar-refractivity contribution is -0.116. The van der Waals surface area contributed by atoms with E-state index in [0.29, 0.717) is 11.6 Å². The van der Waals surface area contributed by atoms with Crippen molar-refractivity contribution in [2.45, 2.75) is 6.54 Å². The third kappa shape index (κ3) is 2.63. The summed E-state index contributed by atoms with van der Waals surface area (Å²) in [5, 5.41) is 10.4. The average molecular weight is 271 g/mol. The van der Waals surface area contributed by atoms with E-state index in [9.17, 15) is 4.79 Å². The van der Waals surface area contributed by atoms with E-state index < -0.39 is 0 Å². The average Bonchev–Trinajstić information content (AvgIpc) is 3.11. The van der Waals surface area contributed by atoms with Crippen molar-refractivity contribution < 1.29 is 4.79 Å². The SMILES string of the molecule is O=C(Cn1cncn1)Nc1cc(-n2cncn2)ncn1. The van der Waals surface area contributed by atoms with Gasteiger partial charge in [-0.2, -0.15) is 10.2 Å². The predicted octanol–water partition coefficient (Wildman–Crippen LogP) is -0.713. The molecule has 0 saturated heterocycles. The van der Waals surface area contributed by atoms with Crippen LogP contribution in [0.1, 0.15) is 0 Å². The molecular formula is C10H9N9O. The Kier molecular flexibility index (Phi) is 3.10. The molecule has 0 fully saturated rings. The lowest BCUT2D eigenvalue weighted by Gasteiger charge is -2.05. The Hall–Kier alpha value is -3.17. The topological polar surface area (TPSA) is 116 Å². The summed E-state index contributed by atoms with van der Waals surface area (Å²) in [6, 6.07) is 1.59. The largest absolute Gasteiger partial charge is 0.309 e. The molecule has 0 unspecified atom stereocenters. The van der Waals surface area contributed by atoms with Crippen LogP contribution in [0.2, 0.25) is 0 Å². The second-order valence-electron chi connectivity index (χ2n) is 3.74. The summed E-state index contributed by atoms with van der Waals surface area (Å²) in [5.74, 6) is 0.614. The highest BCUT2D eigenvalue weighted by Gasteiger charge is 2.07. The Bertz CT molecular complexity index is 691. The van der Waals surface area contributed by atoms with Crippen molar-refractivity contribution in [1.29, 1.82) is 0 Å². The van der Waals surface area contributed by atoms with Crippen LogP contribution >= 0.6 is 0 Å². The van der Waals surface area contributed by atoms with Gasteiger partial charge in [0, 0.05) is 6.07 Å². The molecule has 0 aliphatic carbocycles. The number of anilines is 1. The number of hydrogen-bond donors (Lipinski definition) is 1. The van der Waals surface area contributed by atoms with E-state index in [1.165, 1.54) is 41.0 Å². The van der Waals surface area contributed by atoms with Gasteiger partial charge in [-0.3, -0.25) is 4.79 Å². The molecule has 0 aliphatic heterocycles. The second-order valence-corrected chi connectivity index (χ2v) is 3.74. The maximum absolute atomic E-state index is 11.8. The minimum Gasteiger partial charge on any atom is -0.309 e. The quantitative estimate of drug-likeness (QED) is 0.666. The minimum atomic E-state index is -0.265. The highest BCUT2D eigenvalue weighted by atomic mass is 16.2. The number of hydrogen-bond acceptors (Lipinski definition) is 7. The van der Waals surface area contributed by atoms with Gasteiger partial charge in [0.05, 0.1) is 0 Å². The molecule has 0 spiro atoms. The number of carbonyl (C=O) groups excluding carboxylic acids is 1. The van der Waals surface area contributed by atoms with E-state index in [-0.39, 0.29) is 12.5 Å². The zero-order valence-electron chi connectivity index (χ0n) is 10.2. The van der Waals surface area contributed by atoms with Crippen LogP contribution in [0.15, 0.2) is 37.7 Å². The first kappa shape index (κ1) is 11.9. The second kappa shape index (κ2) is 5.22. The summed E-state index contributed by atoms with van der Waals surface area (Å²) in [7, 11) is 0.